The summed E-state index contributed by atoms with van der Waals surface area (Å²) < 4.78 is 0. The summed E-state index contributed by atoms with van der Waals surface area (Å²) in [5.41, 5.74) is 0.470. The molecular formula is C21H18O4Si. The summed E-state index contributed by atoms with van der Waals surface area (Å²) in [5.74, 6) is -1.32. The minimum Gasteiger partial charge on any atom is -0.506 e. The van der Waals surface area contributed by atoms with Gasteiger partial charge < -0.3 is 10.2 Å². The first-order valence-electron chi connectivity index (χ1n) is 8.43. The van der Waals surface area contributed by atoms with Crippen LogP contribution in [0.2, 0.25) is 19.6 Å². The lowest BCUT2D eigenvalue weighted by molar-refractivity contribution is 0.0975. The van der Waals surface area contributed by atoms with Crippen LogP contribution in [0.4, 0.5) is 0 Å². The first-order valence-corrected chi connectivity index (χ1v) is 11.9. The van der Waals surface area contributed by atoms with Crippen LogP contribution in [0.3, 0.4) is 0 Å². The number of rotatable bonds is 1. The summed E-state index contributed by atoms with van der Waals surface area (Å²) in [7, 11) is -1.91. The van der Waals surface area contributed by atoms with E-state index in [0.29, 0.717) is 21.9 Å². The Balaban J connectivity index is 2.15. The van der Waals surface area contributed by atoms with Gasteiger partial charge in [-0.15, -0.1) is 0 Å². The molecule has 0 spiro atoms. The molecule has 130 valence electrons. The van der Waals surface area contributed by atoms with E-state index in [2.05, 4.69) is 19.6 Å². The third-order valence-corrected chi connectivity index (χ3v) is 6.99. The monoisotopic (exact) mass is 362 g/mol. The maximum Gasteiger partial charge on any atom is 0.198 e. The Kier molecular flexibility index (Phi) is 3.36. The van der Waals surface area contributed by atoms with Crippen LogP contribution < -0.4 is 5.19 Å². The van der Waals surface area contributed by atoms with Crippen molar-refractivity contribution in [2.75, 3.05) is 0 Å². The molecule has 0 saturated carbocycles. The Morgan fingerprint density at radius 3 is 1.77 bits per heavy atom. The number of benzene rings is 3. The van der Waals surface area contributed by atoms with Gasteiger partial charge in [-0.05, 0) is 5.19 Å². The van der Waals surface area contributed by atoms with Gasteiger partial charge in [0.1, 0.15) is 11.5 Å². The molecule has 1 aliphatic carbocycles. The second-order valence-corrected chi connectivity index (χ2v) is 12.7. The predicted molar refractivity (Wildman–Crippen MR) is 104 cm³/mol. The van der Waals surface area contributed by atoms with Crippen molar-refractivity contribution in [3.63, 3.8) is 0 Å². The number of aromatic hydroxyl groups is 2. The van der Waals surface area contributed by atoms with Crippen molar-refractivity contribution in [1.82, 2.24) is 0 Å². The molecule has 0 bridgehead atoms. The molecule has 0 radical (unpaired) electrons. The Bertz CT molecular complexity index is 1120. The number of phenolic OH excluding ortho intramolecular Hbond substituents is 2. The molecule has 4 nitrogen and oxygen atoms in total. The van der Waals surface area contributed by atoms with Gasteiger partial charge in [0.2, 0.25) is 0 Å². The van der Waals surface area contributed by atoms with Gasteiger partial charge in [-0.1, -0.05) is 62.1 Å². The molecular weight excluding hydrogens is 344 g/mol. The smallest absolute Gasteiger partial charge is 0.198 e. The summed E-state index contributed by atoms with van der Waals surface area (Å²) in [6, 6.07) is 12.0. The van der Waals surface area contributed by atoms with E-state index in [4.69, 9.17) is 0 Å². The van der Waals surface area contributed by atoms with E-state index in [1.807, 2.05) is 6.07 Å². The predicted octanol–water partition coefficient (Wildman–Crippen LogP) is 3.57. The van der Waals surface area contributed by atoms with Crippen molar-refractivity contribution in [2.45, 2.75) is 19.6 Å². The van der Waals surface area contributed by atoms with E-state index in [1.165, 1.54) is 0 Å². The second-order valence-electron chi connectivity index (χ2n) is 7.63. The zero-order valence-electron chi connectivity index (χ0n) is 14.8. The Morgan fingerprint density at radius 1 is 0.692 bits per heavy atom. The van der Waals surface area contributed by atoms with Gasteiger partial charge in [-0.2, -0.15) is 0 Å². The van der Waals surface area contributed by atoms with Crippen molar-refractivity contribution in [2.24, 2.45) is 0 Å². The summed E-state index contributed by atoms with van der Waals surface area (Å²) in [6.07, 6.45) is 0. The van der Waals surface area contributed by atoms with Crippen LogP contribution in [0.5, 0.6) is 11.5 Å². The Morgan fingerprint density at radius 2 is 1.23 bits per heavy atom. The van der Waals surface area contributed by atoms with Crippen LogP contribution in [-0.2, 0) is 0 Å². The molecule has 0 saturated heterocycles. The zero-order valence-corrected chi connectivity index (χ0v) is 15.8. The quantitative estimate of drug-likeness (QED) is 0.401. The molecule has 3 aromatic carbocycles. The molecule has 3 aromatic rings. The third-order valence-electron chi connectivity index (χ3n) is 4.96. The van der Waals surface area contributed by atoms with Gasteiger partial charge in [0.25, 0.3) is 0 Å². The van der Waals surface area contributed by atoms with E-state index in [-0.39, 0.29) is 22.6 Å². The fraction of sp³-hybridized carbons (Fsp3) is 0.143. The molecule has 0 fully saturated rings. The molecule has 2 N–H and O–H groups in total. The van der Waals surface area contributed by atoms with Crippen LogP contribution >= 0.6 is 0 Å². The van der Waals surface area contributed by atoms with Crippen LogP contribution in [0, 0.1) is 0 Å². The van der Waals surface area contributed by atoms with Crippen LogP contribution in [0.1, 0.15) is 31.8 Å². The summed E-state index contributed by atoms with van der Waals surface area (Å²) in [5, 5.41) is 23.0. The van der Waals surface area contributed by atoms with Gasteiger partial charge in [-0.25, -0.2) is 0 Å². The van der Waals surface area contributed by atoms with Gasteiger partial charge >= 0.3 is 0 Å². The van der Waals surface area contributed by atoms with Crippen LogP contribution in [0.25, 0.3) is 10.8 Å². The van der Waals surface area contributed by atoms with Crippen LogP contribution in [0.15, 0.2) is 42.5 Å². The third kappa shape index (κ3) is 2.07. The number of hydrogen-bond donors (Lipinski definition) is 2. The lowest BCUT2D eigenvalue weighted by atomic mass is 9.81. The molecule has 5 heteroatoms. The lowest BCUT2D eigenvalue weighted by Crippen LogP contribution is -2.43. The van der Waals surface area contributed by atoms with Gasteiger partial charge in [0.15, 0.2) is 11.6 Å². The number of fused-ring (bicyclic) bond motifs is 3. The molecule has 0 atom stereocenters. The first kappa shape index (κ1) is 16.5. The standard InChI is InChI=1S/C21H18O4Si/c1-26(2,3)14-10-6-9-13-15(14)21(25)17-16(20(13)24)18(22)11-7-4-5-8-12(11)19(17)23/h4-10,22-23H,1-3H3. The van der Waals surface area contributed by atoms with E-state index in [1.54, 1.807) is 36.4 Å². The normalized spacial score (nSPS) is 13.7. The zero-order chi connectivity index (χ0) is 18.8. The molecule has 0 unspecified atom stereocenters. The highest BCUT2D eigenvalue weighted by molar-refractivity contribution is 6.89. The summed E-state index contributed by atoms with van der Waals surface area (Å²) >= 11 is 0. The van der Waals surface area contributed by atoms with Crippen molar-refractivity contribution in [3.8, 4) is 11.5 Å². The SMILES string of the molecule is C[Si](C)(C)c1cccc2c1C(=O)c1c(c(O)c3ccccc3c1O)C2=O. The molecule has 0 heterocycles. The van der Waals surface area contributed by atoms with Gasteiger partial charge in [0, 0.05) is 21.9 Å². The highest BCUT2D eigenvalue weighted by atomic mass is 28.3. The first-order chi connectivity index (χ1) is 12.2. The summed E-state index contributed by atoms with van der Waals surface area (Å²) in [4.78, 5) is 26.5. The molecule has 1 aliphatic rings. The van der Waals surface area contributed by atoms with E-state index in [0.717, 1.165) is 5.19 Å². The number of hydrogen-bond acceptors (Lipinski definition) is 4. The number of carbonyl (C=O) groups is 2. The number of carbonyl (C=O) groups excluding carboxylic acids is 2. The highest BCUT2D eigenvalue weighted by Crippen LogP contribution is 2.44. The molecule has 0 aliphatic heterocycles. The molecule has 0 aromatic heterocycles. The number of ketones is 2. The van der Waals surface area contributed by atoms with Crippen molar-refractivity contribution in [3.05, 3.63) is 64.7 Å². The van der Waals surface area contributed by atoms with E-state index in [9.17, 15) is 19.8 Å². The van der Waals surface area contributed by atoms with Crippen molar-refractivity contribution < 1.29 is 19.8 Å². The minimum absolute atomic E-state index is 0.0931. The fourth-order valence-electron chi connectivity index (χ4n) is 3.72. The second kappa shape index (κ2) is 5.29. The van der Waals surface area contributed by atoms with Gasteiger partial charge in [-0.3, -0.25) is 9.59 Å². The molecule has 26 heavy (non-hydrogen) atoms. The van der Waals surface area contributed by atoms with Gasteiger partial charge in [0.05, 0.1) is 19.2 Å². The molecule has 0 amide bonds. The minimum atomic E-state index is -1.91. The lowest BCUT2D eigenvalue weighted by Gasteiger charge is -2.27. The summed E-state index contributed by atoms with van der Waals surface area (Å²) in [6.45, 7) is 6.31. The topological polar surface area (TPSA) is 74.6 Å². The molecule has 4 rings (SSSR count). The maximum absolute atomic E-state index is 13.3. The van der Waals surface area contributed by atoms with Crippen molar-refractivity contribution >= 4 is 35.6 Å². The van der Waals surface area contributed by atoms with Crippen LogP contribution in [-0.4, -0.2) is 29.9 Å². The Labute approximate surface area is 151 Å². The maximum atomic E-state index is 13.3. The number of phenols is 2. The van der Waals surface area contributed by atoms with E-state index >= 15 is 0 Å². The van der Waals surface area contributed by atoms with Crippen molar-refractivity contribution in [1.29, 1.82) is 0 Å². The average Bonchev–Trinajstić information content (AvgIpc) is 2.61. The largest absolute Gasteiger partial charge is 0.506 e. The average molecular weight is 362 g/mol. The fourth-order valence-corrected chi connectivity index (χ4v) is 5.31. The van der Waals surface area contributed by atoms with E-state index < -0.39 is 19.6 Å². The highest BCUT2D eigenvalue weighted by Gasteiger charge is 2.39. The Hall–Kier alpha value is -2.92.